The van der Waals surface area contributed by atoms with Gasteiger partial charge < -0.3 is 0 Å². The van der Waals surface area contributed by atoms with Gasteiger partial charge in [0.2, 0.25) is 0 Å². The molecule has 0 aliphatic heterocycles. The summed E-state index contributed by atoms with van der Waals surface area (Å²) < 4.78 is 7.45. The molecule has 0 nitrogen and oxygen atoms in total. The summed E-state index contributed by atoms with van der Waals surface area (Å²) >= 11 is -2.07. The van der Waals surface area contributed by atoms with Crippen molar-refractivity contribution in [2.75, 3.05) is 0 Å². The van der Waals surface area contributed by atoms with Gasteiger partial charge in [-0.3, -0.25) is 0 Å². The standard InChI is InChI=1S/C8H7.3C4H9.Sn/c1-2-8-6-4-3-5-7-8;3*1-3-4-2;/h1-7H;3*1,3-4H2,2H3;. The SMILES string of the molecule is CCC[CH2][Sn](/[CH]=C\c1ccccc1)([CH2]CCC)[CH2]CCC. The van der Waals surface area contributed by atoms with Crippen LogP contribution < -0.4 is 0 Å². The average Bonchev–Trinajstić information content (AvgIpc) is 2.54. The van der Waals surface area contributed by atoms with Crippen LogP contribution in [0, 0.1) is 0 Å². The molecule has 1 rings (SSSR count). The fourth-order valence-corrected chi connectivity index (χ4v) is 17.2. The van der Waals surface area contributed by atoms with Crippen LogP contribution in [0.2, 0.25) is 13.3 Å². The second kappa shape index (κ2) is 11.3. The molecule has 0 atom stereocenters. The van der Waals surface area contributed by atoms with Crippen LogP contribution in [0.1, 0.15) is 64.9 Å². The van der Waals surface area contributed by atoms with Gasteiger partial charge in [0.15, 0.2) is 0 Å². The first-order valence-corrected chi connectivity index (χ1v) is 16.7. The van der Waals surface area contributed by atoms with E-state index in [0.717, 1.165) is 0 Å². The van der Waals surface area contributed by atoms with E-state index >= 15 is 0 Å². The van der Waals surface area contributed by atoms with Gasteiger partial charge in [0, 0.05) is 0 Å². The van der Waals surface area contributed by atoms with E-state index in [1.807, 2.05) is 0 Å². The van der Waals surface area contributed by atoms with Crippen LogP contribution in [0.15, 0.2) is 34.4 Å². The van der Waals surface area contributed by atoms with Gasteiger partial charge in [0.05, 0.1) is 0 Å². The molecule has 0 amide bonds. The van der Waals surface area contributed by atoms with Crippen LogP contribution in [0.25, 0.3) is 6.08 Å². The number of hydrogen-bond donors (Lipinski definition) is 0. The fraction of sp³-hybridized carbons (Fsp3) is 0.600. The summed E-state index contributed by atoms with van der Waals surface area (Å²) in [5.74, 6) is 0. The average molecular weight is 393 g/mol. The Bertz CT molecular complexity index is 358. The van der Waals surface area contributed by atoms with Crippen molar-refractivity contribution in [3.8, 4) is 0 Å². The molecule has 0 heterocycles. The van der Waals surface area contributed by atoms with E-state index in [-0.39, 0.29) is 0 Å². The number of benzene rings is 1. The zero-order valence-corrected chi connectivity index (χ0v) is 17.3. The monoisotopic (exact) mass is 394 g/mol. The van der Waals surface area contributed by atoms with E-state index in [9.17, 15) is 0 Å². The van der Waals surface area contributed by atoms with Gasteiger partial charge in [-0.2, -0.15) is 0 Å². The summed E-state index contributed by atoms with van der Waals surface area (Å²) in [6.45, 7) is 7.03. The molecule has 0 aliphatic carbocycles. The molecule has 0 fully saturated rings. The van der Waals surface area contributed by atoms with Gasteiger partial charge in [-0.15, -0.1) is 0 Å². The molecule has 0 saturated carbocycles. The van der Waals surface area contributed by atoms with Crippen molar-refractivity contribution in [3.63, 3.8) is 0 Å². The Balaban J connectivity index is 2.86. The van der Waals surface area contributed by atoms with Crippen molar-refractivity contribution < 1.29 is 0 Å². The van der Waals surface area contributed by atoms with Gasteiger partial charge in [-0.1, -0.05) is 0 Å². The molecule has 0 N–H and O–H groups in total. The minimum atomic E-state index is -2.07. The van der Waals surface area contributed by atoms with Crippen LogP contribution >= 0.6 is 0 Å². The molecule has 21 heavy (non-hydrogen) atoms. The van der Waals surface area contributed by atoms with Gasteiger partial charge in [-0.05, 0) is 0 Å². The number of rotatable bonds is 11. The van der Waals surface area contributed by atoms with Gasteiger partial charge in [-0.25, -0.2) is 0 Å². The summed E-state index contributed by atoms with van der Waals surface area (Å²) in [5, 5.41) is 0. The summed E-state index contributed by atoms with van der Waals surface area (Å²) in [5.41, 5.74) is 1.39. The third kappa shape index (κ3) is 7.53. The van der Waals surface area contributed by atoms with E-state index in [1.165, 1.54) is 44.1 Å². The van der Waals surface area contributed by atoms with Gasteiger partial charge in [0.1, 0.15) is 0 Å². The van der Waals surface area contributed by atoms with Crippen molar-refractivity contribution >= 4 is 24.5 Å². The van der Waals surface area contributed by atoms with Crippen LogP contribution in [0.4, 0.5) is 0 Å². The molecular formula is C20H34Sn. The maximum absolute atomic E-state index is 2.75. The summed E-state index contributed by atoms with van der Waals surface area (Å²) in [7, 11) is 0. The van der Waals surface area contributed by atoms with Crippen molar-refractivity contribution in [1.82, 2.24) is 0 Å². The van der Waals surface area contributed by atoms with Gasteiger partial charge in [0.25, 0.3) is 0 Å². The normalized spacial score (nSPS) is 12.1. The maximum atomic E-state index is 2.75. The van der Waals surface area contributed by atoms with E-state index in [1.54, 1.807) is 13.3 Å². The molecule has 0 radical (unpaired) electrons. The molecule has 1 aromatic carbocycles. The molecule has 1 aromatic rings. The quantitative estimate of drug-likeness (QED) is 0.352. The minimum absolute atomic E-state index is 1.36. The van der Waals surface area contributed by atoms with Crippen LogP contribution in [-0.4, -0.2) is 18.4 Å². The second-order valence-electron chi connectivity index (χ2n) is 6.42. The molecule has 1 heteroatoms. The molecular weight excluding hydrogens is 359 g/mol. The Hall–Kier alpha value is -0.241. The topological polar surface area (TPSA) is 0 Å². The van der Waals surface area contributed by atoms with Crippen molar-refractivity contribution in [2.45, 2.75) is 72.6 Å². The Morgan fingerprint density at radius 3 is 1.67 bits per heavy atom. The molecule has 0 bridgehead atoms. The van der Waals surface area contributed by atoms with Crippen molar-refractivity contribution in [2.24, 2.45) is 0 Å². The first-order valence-electron chi connectivity index (χ1n) is 9.00. The van der Waals surface area contributed by atoms with Gasteiger partial charge >= 0.3 is 137 Å². The first kappa shape index (κ1) is 18.8. The predicted molar refractivity (Wildman–Crippen MR) is 100 cm³/mol. The molecule has 0 aromatic heterocycles. The third-order valence-corrected chi connectivity index (χ3v) is 18.6. The van der Waals surface area contributed by atoms with Crippen LogP contribution in [0.5, 0.6) is 0 Å². The molecule has 0 unspecified atom stereocenters. The van der Waals surface area contributed by atoms with Crippen molar-refractivity contribution in [1.29, 1.82) is 0 Å². The predicted octanol–water partition coefficient (Wildman–Crippen LogP) is 7.09. The van der Waals surface area contributed by atoms with E-state index in [0.29, 0.717) is 0 Å². The first-order chi connectivity index (χ1) is 10.3. The summed E-state index contributed by atoms with van der Waals surface area (Å²) in [4.78, 5) is 0. The van der Waals surface area contributed by atoms with Crippen LogP contribution in [-0.2, 0) is 0 Å². The summed E-state index contributed by atoms with van der Waals surface area (Å²) in [6.07, 6.45) is 10.9. The zero-order valence-electron chi connectivity index (χ0n) is 14.4. The summed E-state index contributed by atoms with van der Waals surface area (Å²) in [6, 6.07) is 10.9. The molecule has 118 valence electrons. The Labute approximate surface area is 136 Å². The van der Waals surface area contributed by atoms with Crippen molar-refractivity contribution in [3.05, 3.63) is 40.0 Å². The zero-order chi connectivity index (χ0) is 15.4. The third-order valence-electron chi connectivity index (χ3n) is 4.51. The van der Waals surface area contributed by atoms with E-state index in [4.69, 9.17) is 0 Å². The Kier molecular flexibility index (Phi) is 10.2. The fourth-order valence-electron chi connectivity index (χ4n) is 3.05. The number of hydrogen-bond acceptors (Lipinski definition) is 0. The Morgan fingerprint density at radius 2 is 1.24 bits per heavy atom. The Morgan fingerprint density at radius 1 is 0.762 bits per heavy atom. The molecule has 0 saturated heterocycles. The van der Waals surface area contributed by atoms with E-state index in [2.05, 4.69) is 61.3 Å². The van der Waals surface area contributed by atoms with E-state index < -0.39 is 18.4 Å². The molecule has 0 aliphatic rings. The number of unbranched alkanes of at least 4 members (excludes halogenated alkanes) is 3. The molecule has 0 spiro atoms. The van der Waals surface area contributed by atoms with Crippen LogP contribution in [0.3, 0.4) is 0 Å². The second-order valence-corrected chi connectivity index (χ2v) is 19.4.